The highest BCUT2D eigenvalue weighted by Crippen LogP contribution is 2.18. The monoisotopic (exact) mass is 242 g/mol. The number of likely N-dealkylation sites (tertiary alicyclic amines) is 1. The van der Waals surface area contributed by atoms with E-state index < -0.39 is 0 Å². The number of hydrogen-bond donors (Lipinski definition) is 1. The number of piperidine rings is 1. The molecule has 4 heteroatoms. The van der Waals surface area contributed by atoms with Crippen LogP contribution in [0.3, 0.4) is 0 Å². The van der Waals surface area contributed by atoms with Gasteiger partial charge in [-0.25, -0.2) is 0 Å². The fraction of sp³-hybridized carbons (Fsp3) is 0.923. The Kier molecular flexibility index (Phi) is 5.92. The Hall–Kier alpha value is -0.610. The third kappa shape index (κ3) is 4.64. The van der Waals surface area contributed by atoms with Gasteiger partial charge in [-0.3, -0.25) is 4.79 Å². The van der Waals surface area contributed by atoms with E-state index >= 15 is 0 Å². The lowest BCUT2D eigenvalue weighted by Gasteiger charge is -2.36. The van der Waals surface area contributed by atoms with Crippen molar-refractivity contribution in [3.8, 4) is 0 Å². The second-order valence-electron chi connectivity index (χ2n) is 5.30. The molecule has 1 atom stereocenters. The third-order valence-electron chi connectivity index (χ3n) is 3.50. The molecule has 1 aliphatic rings. The van der Waals surface area contributed by atoms with Gasteiger partial charge in [-0.2, -0.15) is 0 Å². The maximum atomic E-state index is 11.5. The highest BCUT2D eigenvalue weighted by atomic mass is 16.3. The quantitative estimate of drug-likeness (QED) is 0.780. The van der Waals surface area contributed by atoms with Crippen LogP contribution in [-0.2, 0) is 4.79 Å². The molecule has 0 aromatic carbocycles. The summed E-state index contributed by atoms with van der Waals surface area (Å²) in [6, 6.07) is 0.278. The summed E-state index contributed by atoms with van der Waals surface area (Å²) in [5.74, 6) is 0.723. The standard InChI is InChI=1S/C13H26N2O2/c1-11(2)15(12(3)17)10-13-5-4-6-14(9-13)7-8-16/h11,13,16H,4-10H2,1-3H3. The molecule has 1 unspecified atom stereocenters. The summed E-state index contributed by atoms with van der Waals surface area (Å²) in [5.41, 5.74) is 0. The lowest BCUT2D eigenvalue weighted by molar-refractivity contribution is -0.131. The van der Waals surface area contributed by atoms with E-state index in [4.69, 9.17) is 5.11 Å². The highest BCUT2D eigenvalue weighted by molar-refractivity contribution is 5.73. The van der Waals surface area contributed by atoms with Crippen molar-refractivity contribution in [1.82, 2.24) is 9.80 Å². The Bertz CT molecular complexity index is 242. The first-order chi connectivity index (χ1) is 8.04. The fourth-order valence-corrected chi connectivity index (χ4v) is 2.63. The predicted octanol–water partition coefficient (Wildman–Crippen LogP) is 0.948. The van der Waals surface area contributed by atoms with Gasteiger partial charge in [0.25, 0.3) is 0 Å². The van der Waals surface area contributed by atoms with Gasteiger partial charge in [0, 0.05) is 32.6 Å². The van der Waals surface area contributed by atoms with E-state index in [1.807, 2.05) is 4.90 Å². The molecule has 0 saturated carbocycles. The van der Waals surface area contributed by atoms with Crippen molar-refractivity contribution in [2.45, 2.75) is 39.7 Å². The molecule has 0 radical (unpaired) electrons. The van der Waals surface area contributed by atoms with Crippen molar-refractivity contribution in [3.63, 3.8) is 0 Å². The van der Waals surface area contributed by atoms with Gasteiger partial charge in [0.2, 0.25) is 5.91 Å². The Morgan fingerprint density at radius 1 is 1.53 bits per heavy atom. The van der Waals surface area contributed by atoms with Crippen molar-refractivity contribution in [3.05, 3.63) is 0 Å². The van der Waals surface area contributed by atoms with Gasteiger partial charge in [0.15, 0.2) is 0 Å². The van der Waals surface area contributed by atoms with E-state index in [0.29, 0.717) is 5.92 Å². The molecule has 100 valence electrons. The van der Waals surface area contributed by atoms with E-state index in [2.05, 4.69) is 18.7 Å². The molecule has 0 aliphatic carbocycles. The number of aliphatic hydroxyl groups excluding tert-OH is 1. The van der Waals surface area contributed by atoms with Crippen molar-refractivity contribution < 1.29 is 9.90 Å². The van der Waals surface area contributed by atoms with Gasteiger partial charge in [0.1, 0.15) is 0 Å². The molecular weight excluding hydrogens is 216 g/mol. The number of hydrogen-bond acceptors (Lipinski definition) is 3. The summed E-state index contributed by atoms with van der Waals surface area (Å²) in [4.78, 5) is 15.8. The van der Waals surface area contributed by atoms with Gasteiger partial charge in [-0.15, -0.1) is 0 Å². The van der Waals surface area contributed by atoms with Crippen LogP contribution >= 0.6 is 0 Å². The first kappa shape index (κ1) is 14.5. The van der Waals surface area contributed by atoms with Crippen LogP contribution in [-0.4, -0.2) is 59.6 Å². The zero-order valence-electron chi connectivity index (χ0n) is 11.4. The molecule has 1 heterocycles. The minimum atomic E-state index is 0.166. The lowest BCUT2D eigenvalue weighted by Crippen LogP contribution is -2.45. The van der Waals surface area contributed by atoms with Crippen molar-refractivity contribution in [2.24, 2.45) is 5.92 Å². The van der Waals surface area contributed by atoms with Crippen LogP contribution in [0.2, 0.25) is 0 Å². The zero-order chi connectivity index (χ0) is 12.8. The largest absolute Gasteiger partial charge is 0.395 e. The number of β-amino-alcohol motifs (C(OH)–C–C–N with tert-alkyl or cyclic N) is 1. The molecular formula is C13H26N2O2. The maximum Gasteiger partial charge on any atom is 0.219 e. The first-order valence-electron chi connectivity index (χ1n) is 6.65. The normalized spacial score (nSPS) is 21.8. The Labute approximate surface area is 105 Å². The summed E-state index contributed by atoms with van der Waals surface area (Å²) >= 11 is 0. The topological polar surface area (TPSA) is 43.8 Å². The van der Waals surface area contributed by atoms with Crippen LogP contribution in [0.15, 0.2) is 0 Å². The second-order valence-corrected chi connectivity index (χ2v) is 5.30. The summed E-state index contributed by atoms with van der Waals surface area (Å²) in [7, 11) is 0. The molecule has 1 saturated heterocycles. The molecule has 1 N–H and O–H groups in total. The summed E-state index contributed by atoms with van der Waals surface area (Å²) in [6.45, 7) is 9.72. The molecule has 1 amide bonds. The Morgan fingerprint density at radius 3 is 2.76 bits per heavy atom. The minimum absolute atomic E-state index is 0.166. The Balaban J connectivity index is 2.46. The van der Waals surface area contributed by atoms with E-state index in [0.717, 1.165) is 26.2 Å². The number of nitrogens with zero attached hydrogens (tertiary/aromatic N) is 2. The summed E-state index contributed by atoms with van der Waals surface area (Å²) < 4.78 is 0. The second kappa shape index (κ2) is 6.97. The van der Waals surface area contributed by atoms with Gasteiger partial charge in [-0.1, -0.05) is 0 Å². The highest BCUT2D eigenvalue weighted by Gasteiger charge is 2.23. The number of carbonyl (C=O) groups is 1. The van der Waals surface area contributed by atoms with Crippen LogP contribution in [0.4, 0.5) is 0 Å². The predicted molar refractivity (Wildman–Crippen MR) is 68.8 cm³/mol. The van der Waals surface area contributed by atoms with Crippen LogP contribution in [0, 0.1) is 5.92 Å². The number of carbonyl (C=O) groups excluding carboxylic acids is 1. The van der Waals surface area contributed by atoms with Gasteiger partial charge in [-0.05, 0) is 39.2 Å². The molecule has 1 aliphatic heterocycles. The Morgan fingerprint density at radius 2 is 2.24 bits per heavy atom. The van der Waals surface area contributed by atoms with E-state index in [-0.39, 0.29) is 18.6 Å². The van der Waals surface area contributed by atoms with Gasteiger partial charge < -0.3 is 14.9 Å². The molecule has 0 spiro atoms. The van der Waals surface area contributed by atoms with Crippen LogP contribution in [0.5, 0.6) is 0 Å². The van der Waals surface area contributed by atoms with E-state index in [1.54, 1.807) is 6.92 Å². The maximum absolute atomic E-state index is 11.5. The van der Waals surface area contributed by atoms with Crippen LogP contribution in [0.25, 0.3) is 0 Å². The molecule has 0 aromatic heterocycles. The number of rotatable bonds is 5. The van der Waals surface area contributed by atoms with Crippen LogP contribution in [0.1, 0.15) is 33.6 Å². The SMILES string of the molecule is CC(=O)N(CC1CCCN(CCO)C1)C(C)C. The van der Waals surface area contributed by atoms with Crippen LogP contribution < -0.4 is 0 Å². The first-order valence-corrected chi connectivity index (χ1v) is 6.65. The van der Waals surface area contributed by atoms with Crippen molar-refractivity contribution >= 4 is 5.91 Å². The molecule has 1 fully saturated rings. The third-order valence-corrected chi connectivity index (χ3v) is 3.50. The van der Waals surface area contributed by atoms with E-state index in [1.165, 1.54) is 12.8 Å². The summed E-state index contributed by atoms with van der Waals surface area (Å²) in [6.07, 6.45) is 2.37. The summed E-state index contributed by atoms with van der Waals surface area (Å²) in [5, 5.41) is 8.96. The smallest absolute Gasteiger partial charge is 0.219 e. The number of aliphatic hydroxyl groups is 1. The molecule has 17 heavy (non-hydrogen) atoms. The molecule has 0 bridgehead atoms. The minimum Gasteiger partial charge on any atom is -0.395 e. The lowest BCUT2D eigenvalue weighted by atomic mass is 9.97. The molecule has 0 aromatic rings. The molecule has 1 rings (SSSR count). The average molecular weight is 242 g/mol. The zero-order valence-corrected chi connectivity index (χ0v) is 11.4. The van der Waals surface area contributed by atoms with E-state index in [9.17, 15) is 4.79 Å². The van der Waals surface area contributed by atoms with Crippen molar-refractivity contribution in [2.75, 3.05) is 32.8 Å². The van der Waals surface area contributed by atoms with Gasteiger partial charge in [0.05, 0.1) is 6.61 Å². The molecule has 4 nitrogen and oxygen atoms in total. The fourth-order valence-electron chi connectivity index (χ4n) is 2.63. The average Bonchev–Trinajstić information content (AvgIpc) is 2.26. The van der Waals surface area contributed by atoms with Crippen molar-refractivity contribution in [1.29, 1.82) is 0 Å². The number of amides is 1. The van der Waals surface area contributed by atoms with Gasteiger partial charge >= 0.3 is 0 Å².